The average molecular weight is 418 g/mol. The summed E-state index contributed by atoms with van der Waals surface area (Å²) in [5.74, 6) is 0. The Morgan fingerprint density at radius 3 is 2.21 bits per heavy atom. The maximum absolute atomic E-state index is 8.47. The normalized spacial score (nSPS) is 15.7. The van der Waals surface area contributed by atoms with Crippen molar-refractivity contribution in [2.45, 2.75) is 44.6 Å². The first-order chi connectivity index (χ1) is 14.0. The number of oxime groups is 1. The minimum atomic E-state index is -2.23. The Morgan fingerprint density at radius 1 is 1.03 bits per heavy atom. The van der Waals surface area contributed by atoms with Crippen molar-refractivity contribution in [2.24, 2.45) is 10.9 Å². The summed E-state index contributed by atoms with van der Waals surface area (Å²) >= 11 is 0. The van der Waals surface area contributed by atoms with E-state index in [0.717, 1.165) is 43.4 Å². The molecule has 0 radical (unpaired) electrons. The van der Waals surface area contributed by atoms with Gasteiger partial charge in [0, 0.05) is 12.0 Å². The molecule has 0 spiro atoms. The van der Waals surface area contributed by atoms with Crippen molar-refractivity contribution in [3.8, 4) is 0 Å². The molecule has 0 unspecified atom stereocenters. The topological polar surface area (TPSA) is 97.3 Å². The first kappa shape index (κ1) is 23.5. The molecule has 1 fully saturated rings. The number of benzene rings is 2. The molecule has 0 aliphatic heterocycles. The van der Waals surface area contributed by atoms with E-state index in [4.69, 9.17) is 20.4 Å². The van der Waals surface area contributed by atoms with E-state index in [9.17, 15) is 0 Å². The lowest BCUT2D eigenvalue weighted by molar-refractivity contribution is 0.147. The van der Waals surface area contributed by atoms with Gasteiger partial charge >= 0.3 is 8.60 Å². The van der Waals surface area contributed by atoms with Crippen LogP contribution in [-0.2, 0) is 15.8 Å². The monoisotopic (exact) mass is 418 g/mol. The molecular weight excluding hydrogens is 387 g/mol. The number of hydrogen-bond donors (Lipinski definition) is 3. The fourth-order valence-corrected chi connectivity index (χ4v) is 3.47. The highest BCUT2D eigenvalue weighted by molar-refractivity contribution is 7.39. The zero-order chi connectivity index (χ0) is 21.0. The fourth-order valence-electron chi connectivity index (χ4n) is 3.09. The summed E-state index contributed by atoms with van der Waals surface area (Å²) in [4.78, 5) is 22.3. The summed E-state index contributed by atoms with van der Waals surface area (Å²) in [5, 5.41) is 4.13. The van der Waals surface area contributed by atoms with Gasteiger partial charge in [-0.15, -0.1) is 0 Å². The fraction of sp³-hybridized carbons (Fsp3) is 0.409. The van der Waals surface area contributed by atoms with Crippen LogP contribution in [0.3, 0.4) is 0 Å². The molecule has 0 amide bonds. The highest BCUT2D eigenvalue weighted by Gasteiger charge is 2.30. The molecule has 0 atom stereocenters. The van der Waals surface area contributed by atoms with Crippen molar-refractivity contribution in [3.63, 3.8) is 0 Å². The summed E-state index contributed by atoms with van der Waals surface area (Å²) < 4.78 is 4.68. The Balaban J connectivity index is 0.000000234. The van der Waals surface area contributed by atoms with Crippen LogP contribution in [0, 0.1) is 0 Å². The minimum absolute atomic E-state index is 0.270. The Kier molecular flexibility index (Phi) is 10.3. The number of rotatable bonds is 8. The molecule has 1 saturated carbocycles. The second-order valence-electron chi connectivity index (χ2n) is 7.21. The van der Waals surface area contributed by atoms with Gasteiger partial charge in [-0.05, 0) is 30.9 Å². The van der Waals surface area contributed by atoms with Gasteiger partial charge in [-0.2, -0.15) is 0 Å². The Morgan fingerprint density at radius 2 is 1.62 bits per heavy atom. The van der Waals surface area contributed by atoms with Gasteiger partial charge in [-0.25, -0.2) is 0 Å². The Bertz CT molecular complexity index is 720. The summed E-state index contributed by atoms with van der Waals surface area (Å²) in [7, 11) is -2.23. The lowest BCUT2D eigenvalue weighted by atomic mass is 10.0. The molecule has 0 heterocycles. The van der Waals surface area contributed by atoms with E-state index in [-0.39, 0.29) is 12.1 Å². The molecule has 29 heavy (non-hydrogen) atoms. The summed E-state index contributed by atoms with van der Waals surface area (Å²) in [6, 6.07) is 20.3. The Hall–Kier alpha value is -1.82. The molecule has 1 aliphatic rings. The highest BCUT2D eigenvalue weighted by Crippen LogP contribution is 2.32. The van der Waals surface area contributed by atoms with Crippen LogP contribution in [0.1, 0.15) is 43.7 Å². The summed E-state index contributed by atoms with van der Waals surface area (Å²) in [5.41, 5.74) is 8.84. The van der Waals surface area contributed by atoms with Crippen molar-refractivity contribution < 1.29 is 19.1 Å². The molecule has 6 nitrogen and oxygen atoms in total. The van der Waals surface area contributed by atoms with Crippen molar-refractivity contribution in [1.29, 1.82) is 0 Å². The minimum Gasteiger partial charge on any atom is -0.395 e. The molecule has 0 saturated heterocycles. The van der Waals surface area contributed by atoms with Crippen LogP contribution < -0.4 is 5.73 Å². The van der Waals surface area contributed by atoms with Gasteiger partial charge in [-0.1, -0.05) is 78.7 Å². The van der Waals surface area contributed by atoms with Gasteiger partial charge in [0.1, 0.15) is 6.61 Å². The van der Waals surface area contributed by atoms with E-state index in [1.165, 1.54) is 5.56 Å². The lowest BCUT2D eigenvalue weighted by Gasteiger charge is -2.22. The van der Waals surface area contributed by atoms with Gasteiger partial charge in [0.25, 0.3) is 0 Å². The molecule has 0 aromatic heterocycles. The second-order valence-corrected chi connectivity index (χ2v) is 7.97. The summed E-state index contributed by atoms with van der Waals surface area (Å²) in [6.45, 7) is 2.83. The van der Waals surface area contributed by atoms with Gasteiger partial charge < -0.3 is 24.9 Å². The largest absolute Gasteiger partial charge is 0.395 e. The predicted octanol–water partition coefficient (Wildman–Crippen LogP) is 4.16. The van der Waals surface area contributed by atoms with Crippen molar-refractivity contribution in [3.05, 3.63) is 71.8 Å². The molecule has 158 valence electrons. The van der Waals surface area contributed by atoms with Crippen LogP contribution in [-0.4, -0.2) is 34.3 Å². The van der Waals surface area contributed by atoms with Crippen LogP contribution in [0.4, 0.5) is 0 Å². The Labute approximate surface area is 174 Å². The second kappa shape index (κ2) is 12.7. The van der Waals surface area contributed by atoms with E-state index in [1.54, 1.807) is 0 Å². The molecule has 0 bridgehead atoms. The van der Waals surface area contributed by atoms with E-state index in [2.05, 4.69) is 21.8 Å². The molecule has 4 N–H and O–H groups in total. The standard InChI is InChI=1S/C16H17NO.C6H14NO3P/c1-14(16-10-6-3-7-11-16)17-18-13-12-15-8-4-2-5-9-15;7-6(3-1-2-4-6)5-10-11(8)9/h2-11H,12-13H2,1H3;8-9H,1-5,7H2/b17-14+;. The predicted molar refractivity (Wildman–Crippen MR) is 117 cm³/mol. The molecule has 3 rings (SSSR count). The van der Waals surface area contributed by atoms with Gasteiger partial charge in [-0.3, -0.25) is 0 Å². The van der Waals surface area contributed by atoms with Gasteiger partial charge in [0.05, 0.1) is 12.3 Å². The number of nitrogens with two attached hydrogens (primary N) is 1. The van der Waals surface area contributed by atoms with Crippen LogP contribution in [0.25, 0.3) is 0 Å². The van der Waals surface area contributed by atoms with Gasteiger partial charge in [0.15, 0.2) is 0 Å². The van der Waals surface area contributed by atoms with Gasteiger partial charge in [0.2, 0.25) is 0 Å². The molecule has 2 aromatic carbocycles. The highest BCUT2D eigenvalue weighted by atomic mass is 31.2. The van der Waals surface area contributed by atoms with Crippen LogP contribution >= 0.6 is 8.60 Å². The van der Waals surface area contributed by atoms with E-state index in [1.807, 2.05) is 55.5 Å². The SMILES string of the molecule is C/C(=N\OCCc1ccccc1)c1ccccc1.NC1(COP(O)O)CCCC1. The molecule has 2 aromatic rings. The molecular formula is C22H31N2O4P. The maximum Gasteiger partial charge on any atom is 0.327 e. The van der Waals surface area contributed by atoms with Crippen LogP contribution in [0.5, 0.6) is 0 Å². The van der Waals surface area contributed by atoms with Crippen molar-refractivity contribution in [2.75, 3.05) is 13.2 Å². The first-order valence-electron chi connectivity index (χ1n) is 9.84. The smallest absolute Gasteiger partial charge is 0.327 e. The van der Waals surface area contributed by atoms with Crippen molar-refractivity contribution >= 4 is 14.3 Å². The molecule has 7 heteroatoms. The first-order valence-corrected chi connectivity index (χ1v) is 11.0. The maximum atomic E-state index is 8.47. The third-order valence-corrected chi connectivity index (χ3v) is 5.14. The third kappa shape index (κ3) is 9.48. The average Bonchev–Trinajstić information content (AvgIpc) is 3.18. The lowest BCUT2D eigenvalue weighted by Crippen LogP contribution is -2.40. The third-order valence-electron chi connectivity index (χ3n) is 4.78. The number of nitrogens with zero attached hydrogens (tertiary/aromatic N) is 1. The zero-order valence-electron chi connectivity index (χ0n) is 16.9. The van der Waals surface area contributed by atoms with Crippen molar-refractivity contribution in [1.82, 2.24) is 0 Å². The van der Waals surface area contributed by atoms with E-state index < -0.39 is 8.60 Å². The van der Waals surface area contributed by atoms with Crippen LogP contribution in [0.2, 0.25) is 0 Å². The number of hydrogen-bond acceptors (Lipinski definition) is 6. The van der Waals surface area contributed by atoms with Crippen LogP contribution in [0.15, 0.2) is 65.8 Å². The summed E-state index contributed by atoms with van der Waals surface area (Å²) in [6.07, 6.45) is 4.97. The molecule has 1 aliphatic carbocycles. The van der Waals surface area contributed by atoms with E-state index in [0.29, 0.717) is 6.61 Å². The quantitative estimate of drug-likeness (QED) is 0.259. The van der Waals surface area contributed by atoms with E-state index >= 15 is 0 Å². The zero-order valence-corrected chi connectivity index (χ0v) is 17.8.